The van der Waals surface area contributed by atoms with Gasteiger partial charge in [0.25, 0.3) is 0 Å². The fourth-order valence-corrected chi connectivity index (χ4v) is 0.637. The zero-order chi connectivity index (χ0) is 7.66. The minimum atomic E-state index is 0.129. The summed E-state index contributed by atoms with van der Waals surface area (Å²) < 4.78 is 5.05. The van der Waals surface area contributed by atoms with Crippen LogP contribution in [0.25, 0.3) is 0 Å². The Morgan fingerprint density at radius 1 is 1.40 bits per heavy atom. The fourth-order valence-electron chi connectivity index (χ4n) is 0.637. The van der Waals surface area contributed by atoms with Gasteiger partial charge in [-0.1, -0.05) is 12.2 Å². The second kappa shape index (κ2) is 8.66. The van der Waals surface area contributed by atoms with Gasteiger partial charge < -0.3 is 9.84 Å². The summed E-state index contributed by atoms with van der Waals surface area (Å²) in [5, 5.41) is 8.33. The van der Waals surface area contributed by atoms with E-state index in [1.54, 1.807) is 0 Å². The maximum Gasteiger partial charge on any atom is 0.0697 e. The summed E-state index contributed by atoms with van der Waals surface area (Å²) in [7, 11) is 0. The van der Waals surface area contributed by atoms with Crippen molar-refractivity contribution in [2.75, 3.05) is 19.8 Å². The van der Waals surface area contributed by atoms with E-state index in [1.165, 1.54) is 0 Å². The van der Waals surface area contributed by atoms with Crippen molar-refractivity contribution in [3.8, 4) is 0 Å². The Kier molecular flexibility index (Phi) is 8.37. The van der Waals surface area contributed by atoms with E-state index < -0.39 is 0 Å². The van der Waals surface area contributed by atoms with Gasteiger partial charge in [0.05, 0.1) is 13.2 Å². The van der Waals surface area contributed by atoms with Crippen LogP contribution < -0.4 is 0 Å². The van der Waals surface area contributed by atoms with Crippen LogP contribution in [0.4, 0.5) is 0 Å². The van der Waals surface area contributed by atoms with Crippen LogP contribution in [0.5, 0.6) is 0 Å². The number of aliphatic hydroxyl groups excluding tert-OH is 1. The lowest BCUT2D eigenvalue weighted by Gasteiger charge is -1.98. The van der Waals surface area contributed by atoms with Crippen molar-refractivity contribution >= 4 is 0 Å². The summed E-state index contributed by atoms with van der Waals surface area (Å²) in [6.45, 7) is 3.36. The predicted molar refractivity (Wildman–Crippen MR) is 42.0 cm³/mol. The quantitative estimate of drug-likeness (QED) is 0.450. The van der Waals surface area contributed by atoms with Gasteiger partial charge in [0.15, 0.2) is 0 Å². The molecule has 0 aliphatic rings. The number of hydrogen-bond donors (Lipinski definition) is 1. The van der Waals surface area contributed by atoms with E-state index in [2.05, 4.69) is 6.08 Å². The van der Waals surface area contributed by atoms with Crippen LogP contribution in [0.15, 0.2) is 12.2 Å². The van der Waals surface area contributed by atoms with Crippen LogP contribution in [0.2, 0.25) is 0 Å². The van der Waals surface area contributed by atoms with Crippen molar-refractivity contribution in [2.45, 2.75) is 19.8 Å². The van der Waals surface area contributed by atoms with Gasteiger partial charge in [0.1, 0.15) is 0 Å². The number of aliphatic hydroxyl groups is 1. The van der Waals surface area contributed by atoms with Crippen LogP contribution in [-0.4, -0.2) is 24.9 Å². The molecule has 60 valence electrons. The van der Waals surface area contributed by atoms with Gasteiger partial charge in [-0.05, 0) is 19.8 Å². The molecule has 0 saturated carbocycles. The monoisotopic (exact) mass is 144 g/mol. The lowest BCUT2D eigenvalue weighted by Crippen LogP contribution is -1.99. The molecule has 0 heterocycles. The molecule has 0 fully saturated rings. The molecule has 0 atom stereocenters. The molecule has 0 saturated heterocycles. The van der Waals surface area contributed by atoms with Gasteiger partial charge in [-0.3, -0.25) is 0 Å². The van der Waals surface area contributed by atoms with Crippen LogP contribution in [0.1, 0.15) is 19.8 Å². The Bertz CT molecular complexity index is 79.3. The van der Waals surface area contributed by atoms with Crippen molar-refractivity contribution < 1.29 is 9.84 Å². The first-order valence-corrected chi connectivity index (χ1v) is 3.71. The molecule has 0 unspecified atom stereocenters. The second-order valence-corrected chi connectivity index (χ2v) is 2.05. The molecule has 0 aliphatic carbocycles. The van der Waals surface area contributed by atoms with Gasteiger partial charge >= 0.3 is 0 Å². The summed E-state index contributed by atoms with van der Waals surface area (Å²) in [6.07, 6.45) is 6.26. The highest BCUT2D eigenvalue weighted by Crippen LogP contribution is 1.90. The predicted octanol–water partition coefficient (Wildman–Crippen LogP) is 1.35. The minimum absolute atomic E-state index is 0.129. The minimum Gasteiger partial charge on any atom is -0.394 e. The van der Waals surface area contributed by atoms with Gasteiger partial charge in [-0.2, -0.15) is 0 Å². The van der Waals surface area contributed by atoms with Crippen LogP contribution in [0.3, 0.4) is 0 Å². The summed E-state index contributed by atoms with van der Waals surface area (Å²) in [5.74, 6) is 0. The molecule has 0 aromatic carbocycles. The number of ether oxygens (including phenoxy) is 1. The smallest absolute Gasteiger partial charge is 0.0697 e. The van der Waals surface area contributed by atoms with E-state index in [4.69, 9.17) is 9.84 Å². The first-order valence-electron chi connectivity index (χ1n) is 3.71. The SMILES string of the molecule is CC=CCCCOCCO. The third-order valence-electron chi connectivity index (χ3n) is 1.13. The average molecular weight is 144 g/mol. The molecule has 0 rings (SSSR count). The highest BCUT2D eigenvalue weighted by Gasteiger charge is 1.84. The molecule has 0 amide bonds. The van der Waals surface area contributed by atoms with Crippen molar-refractivity contribution in [3.05, 3.63) is 12.2 Å². The highest BCUT2D eigenvalue weighted by atomic mass is 16.5. The van der Waals surface area contributed by atoms with Gasteiger partial charge in [0.2, 0.25) is 0 Å². The van der Waals surface area contributed by atoms with Gasteiger partial charge in [-0.25, -0.2) is 0 Å². The Hall–Kier alpha value is -0.340. The number of rotatable bonds is 6. The summed E-state index contributed by atoms with van der Waals surface area (Å²) in [4.78, 5) is 0. The average Bonchev–Trinajstić information content (AvgIpc) is 1.97. The first kappa shape index (κ1) is 9.66. The van der Waals surface area contributed by atoms with E-state index in [0.29, 0.717) is 6.61 Å². The molecular weight excluding hydrogens is 128 g/mol. The van der Waals surface area contributed by atoms with E-state index in [0.717, 1.165) is 19.4 Å². The lowest BCUT2D eigenvalue weighted by atomic mass is 10.3. The van der Waals surface area contributed by atoms with Crippen molar-refractivity contribution in [3.63, 3.8) is 0 Å². The van der Waals surface area contributed by atoms with Gasteiger partial charge in [0, 0.05) is 6.61 Å². The molecule has 10 heavy (non-hydrogen) atoms. The van der Waals surface area contributed by atoms with E-state index >= 15 is 0 Å². The lowest BCUT2D eigenvalue weighted by molar-refractivity contribution is 0.0912. The largest absolute Gasteiger partial charge is 0.394 e. The number of unbranched alkanes of at least 4 members (excludes halogenated alkanes) is 1. The first-order chi connectivity index (χ1) is 4.91. The molecule has 0 aromatic rings. The fraction of sp³-hybridized carbons (Fsp3) is 0.750. The van der Waals surface area contributed by atoms with Crippen molar-refractivity contribution in [1.29, 1.82) is 0 Å². The number of allylic oxidation sites excluding steroid dienone is 2. The Morgan fingerprint density at radius 3 is 2.80 bits per heavy atom. The molecule has 0 spiro atoms. The van der Waals surface area contributed by atoms with Crippen molar-refractivity contribution in [2.24, 2.45) is 0 Å². The summed E-state index contributed by atoms with van der Waals surface area (Å²) in [5.41, 5.74) is 0. The Balaban J connectivity index is 2.77. The van der Waals surface area contributed by atoms with Crippen LogP contribution in [-0.2, 0) is 4.74 Å². The molecule has 0 bridgehead atoms. The maximum atomic E-state index is 8.33. The molecule has 2 nitrogen and oxygen atoms in total. The molecule has 1 N–H and O–H groups in total. The molecule has 0 radical (unpaired) electrons. The zero-order valence-electron chi connectivity index (χ0n) is 6.55. The van der Waals surface area contributed by atoms with Gasteiger partial charge in [-0.15, -0.1) is 0 Å². The topological polar surface area (TPSA) is 29.5 Å². The maximum absolute atomic E-state index is 8.33. The highest BCUT2D eigenvalue weighted by molar-refractivity contribution is 4.75. The second-order valence-electron chi connectivity index (χ2n) is 2.05. The molecule has 2 heteroatoms. The standard InChI is InChI=1S/C8H16O2/c1-2-3-4-5-7-10-8-6-9/h2-3,9H,4-8H2,1H3. The summed E-state index contributed by atoms with van der Waals surface area (Å²) >= 11 is 0. The molecule has 0 aromatic heterocycles. The van der Waals surface area contributed by atoms with Crippen LogP contribution >= 0.6 is 0 Å². The molecular formula is C8H16O2. The third kappa shape index (κ3) is 7.66. The van der Waals surface area contributed by atoms with E-state index in [9.17, 15) is 0 Å². The third-order valence-corrected chi connectivity index (χ3v) is 1.13. The number of hydrogen-bond acceptors (Lipinski definition) is 2. The zero-order valence-corrected chi connectivity index (χ0v) is 6.55. The van der Waals surface area contributed by atoms with Crippen LogP contribution in [0, 0.1) is 0 Å². The van der Waals surface area contributed by atoms with E-state index in [1.807, 2.05) is 13.0 Å². The Labute approximate surface area is 62.5 Å². The normalized spacial score (nSPS) is 11.0. The van der Waals surface area contributed by atoms with E-state index in [-0.39, 0.29) is 6.61 Å². The summed E-state index contributed by atoms with van der Waals surface area (Å²) in [6, 6.07) is 0. The molecule has 0 aliphatic heterocycles. The Morgan fingerprint density at radius 2 is 2.20 bits per heavy atom. The van der Waals surface area contributed by atoms with Crippen molar-refractivity contribution in [1.82, 2.24) is 0 Å².